The molecule has 0 amide bonds. The molecule has 156 valence electrons. The molecule has 0 fully saturated rings. The van der Waals surface area contributed by atoms with E-state index in [0.717, 1.165) is 20.9 Å². The van der Waals surface area contributed by atoms with Crippen molar-refractivity contribution in [1.29, 1.82) is 0 Å². The number of rotatable bonds is 6. The van der Waals surface area contributed by atoms with Crippen LogP contribution in [-0.4, -0.2) is 38.7 Å². The molecule has 0 aliphatic heterocycles. The number of aryl methyl sites for hydroxylation is 3. The van der Waals surface area contributed by atoms with Crippen LogP contribution in [0.25, 0.3) is 11.0 Å². The van der Waals surface area contributed by atoms with Crippen molar-refractivity contribution >= 4 is 32.7 Å². The molecule has 0 radical (unpaired) electrons. The Hall–Kier alpha value is -3.40. The number of nitrogens with one attached hydrogen (secondary N) is 1. The van der Waals surface area contributed by atoms with Crippen LogP contribution in [0, 0.1) is 13.8 Å². The predicted octanol–water partition coefficient (Wildman–Crippen LogP) is 3.16. The summed E-state index contributed by atoms with van der Waals surface area (Å²) in [5.41, 5.74) is 2.70. The van der Waals surface area contributed by atoms with Crippen LogP contribution < -0.4 is 10.1 Å². The first-order valence-corrected chi connectivity index (χ1v) is 10.8. The van der Waals surface area contributed by atoms with Gasteiger partial charge in [0.15, 0.2) is 5.65 Å². The van der Waals surface area contributed by atoms with Gasteiger partial charge >= 0.3 is 0 Å². The zero-order valence-electron chi connectivity index (χ0n) is 17.1. The molecule has 10 heteroatoms. The lowest BCUT2D eigenvalue weighted by atomic mass is 10.2. The highest BCUT2D eigenvalue weighted by molar-refractivity contribution is 7.90. The van der Waals surface area contributed by atoms with Crippen LogP contribution in [0.4, 0.5) is 11.6 Å². The van der Waals surface area contributed by atoms with Crippen LogP contribution in [0.3, 0.4) is 0 Å². The molecule has 1 N–H and O–H groups in total. The lowest BCUT2D eigenvalue weighted by molar-refractivity contribution is 0.331. The normalized spacial score (nSPS) is 11.7. The summed E-state index contributed by atoms with van der Waals surface area (Å²) in [6.07, 6.45) is 3.27. The SMILES string of the molecule is CCOc1nc(Nc2cn(C)nc2C)nc2c1ccn2S(=O)(=O)c1ccc(C)cc1. The smallest absolute Gasteiger partial charge is 0.269 e. The molecule has 0 aliphatic carbocycles. The molecule has 0 spiro atoms. The molecule has 0 aliphatic rings. The Kier molecular flexibility index (Phi) is 4.94. The largest absolute Gasteiger partial charge is 0.477 e. The van der Waals surface area contributed by atoms with E-state index in [1.807, 2.05) is 27.8 Å². The minimum absolute atomic E-state index is 0.180. The average Bonchev–Trinajstić information content (AvgIpc) is 3.26. The van der Waals surface area contributed by atoms with E-state index >= 15 is 0 Å². The zero-order chi connectivity index (χ0) is 21.5. The van der Waals surface area contributed by atoms with Crippen LogP contribution in [0.15, 0.2) is 47.6 Å². The molecule has 0 saturated heterocycles. The van der Waals surface area contributed by atoms with Crippen molar-refractivity contribution in [1.82, 2.24) is 23.7 Å². The Balaban J connectivity index is 1.86. The maximum Gasteiger partial charge on any atom is 0.269 e. The van der Waals surface area contributed by atoms with E-state index in [0.29, 0.717) is 17.9 Å². The molecule has 30 heavy (non-hydrogen) atoms. The number of anilines is 2. The van der Waals surface area contributed by atoms with Crippen LogP contribution >= 0.6 is 0 Å². The number of benzene rings is 1. The van der Waals surface area contributed by atoms with E-state index in [9.17, 15) is 8.42 Å². The van der Waals surface area contributed by atoms with Gasteiger partial charge in [-0.1, -0.05) is 17.7 Å². The monoisotopic (exact) mass is 426 g/mol. The maximum absolute atomic E-state index is 13.2. The molecular weight excluding hydrogens is 404 g/mol. The Morgan fingerprint density at radius 1 is 1.10 bits per heavy atom. The predicted molar refractivity (Wildman–Crippen MR) is 114 cm³/mol. The lowest BCUT2D eigenvalue weighted by Crippen LogP contribution is -2.13. The second-order valence-electron chi connectivity index (χ2n) is 6.88. The number of ether oxygens (including phenoxy) is 1. The van der Waals surface area contributed by atoms with Crippen molar-refractivity contribution in [2.75, 3.05) is 11.9 Å². The highest BCUT2D eigenvalue weighted by Crippen LogP contribution is 2.29. The summed E-state index contributed by atoms with van der Waals surface area (Å²) in [5, 5.41) is 7.91. The Labute approximate surface area is 174 Å². The molecule has 1 aromatic carbocycles. The summed E-state index contributed by atoms with van der Waals surface area (Å²) in [4.78, 5) is 9.08. The molecule has 0 atom stereocenters. The molecule has 0 unspecified atom stereocenters. The molecule has 3 aromatic heterocycles. The Morgan fingerprint density at radius 2 is 1.83 bits per heavy atom. The Bertz CT molecular complexity index is 1320. The van der Waals surface area contributed by atoms with Gasteiger partial charge in [-0.2, -0.15) is 15.1 Å². The molecule has 4 aromatic rings. The van der Waals surface area contributed by atoms with Gasteiger partial charge in [0, 0.05) is 19.4 Å². The zero-order valence-corrected chi connectivity index (χ0v) is 17.9. The summed E-state index contributed by atoms with van der Waals surface area (Å²) >= 11 is 0. The third-order valence-corrected chi connectivity index (χ3v) is 6.28. The standard InChI is InChI=1S/C20H22N6O3S/c1-5-29-19-16-10-11-26(30(27,28)15-8-6-13(2)7-9-15)18(16)22-20(23-19)21-17-12-25(4)24-14(17)3/h6-12H,5H2,1-4H3,(H,21,22,23). The van der Waals surface area contributed by atoms with Gasteiger partial charge in [-0.3, -0.25) is 4.68 Å². The highest BCUT2D eigenvalue weighted by Gasteiger charge is 2.23. The van der Waals surface area contributed by atoms with Crippen LogP contribution in [0.2, 0.25) is 0 Å². The number of aromatic nitrogens is 5. The van der Waals surface area contributed by atoms with Gasteiger partial charge in [0.05, 0.1) is 28.3 Å². The minimum atomic E-state index is -3.84. The fourth-order valence-electron chi connectivity index (χ4n) is 3.13. The van der Waals surface area contributed by atoms with Crippen molar-refractivity contribution in [3.63, 3.8) is 0 Å². The van der Waals surface area contributed by atoms with Gasteiger partial charge in [-0.15, -0.1) is 0 Å². The number of fused-ring (bicyclic) bond motifs is 1. The topological polar surface area (TPSA) is 104 Å². The summed E-state index contributed by atoms with van der Waals surface area (Å²) in [6.45, 7) is 5.98. The lowest BCUT2D eigenvalue weighted by Gasteiger charge is -2.11. The maximum atomic E-state index is 13.2. The summed E-state index contributed by atoms with van der Waals surface area (Å²) in [5.74, 6) is 0.533. The van der Waals surface area contributed by atoms with Gasteiger partial charge < -0.3 is 10.1 Å². The van der Waals surface area contributed by atoms with E-state index < -0.39 is 10.0 Å². The first-order chi connectivity index (χ1) is 14.3. The fraction of sp³-hybridized carbons (Fsp3) is 0.250. The van der Waals surface area contributed by atoms with Gasteiger partial charge in [0.25, 0.3) is 10.0 Å². The first-order valence-electron chi connectivity index (χ1n) is 9.41. The number of hydrogen-bond acceptors (Lipinski definition) is 7. The average molecular weight is 427 g/mol. The molecule has 9 nitrogen and oxygen atoms in total. The summed E-state index contributed by atoms with van der Waals surface area (Å²) in [7, 11) is -2.03. The van der Waals surface area contributed by atoms with Crippen molar-refractivity contribution in [3.8, 4) is 5.88 Å². The van der Waals surface area contributed by atoms with Crippen LogP contribution in [0.5, 0.6) is 5.88 Å². The van der Waals surface area contributed by atoms with E-state index in [-0.39, 0.29) is 16.5 Å². The molecule has 3 heterocycles. The van der Waals surface area contributed by atoms with E-state index in [4.69, 9.17) is 4.74 Å². The van der Waals surface area contributed by atoms with Crippen molar-refractivity contribution in [3.05, 3.63) is 54.0 Å². The second kappa shape index (κ2) is 7.45. The van der Waals surface area contributed by atoms with Gasteiger partial charge in [0.1, 0.15) is 0 Å². The van der Waals surface area contributed by atoms with Crippen molar-refractivity contribution in [2.24, 2.45) is 7.05 Å². The number of hydrogen-bond donors (Lipinski definition) is 1. The second-order valence-corrected chi connectivity index (χ2v) is 8.69. The Morgan fingerprint density at radius 3 is 2.47 bits per heavy atom. The quantitative estimate of drug-likeness (QED) is 0.505. The molecule has 0 bridgehead atoms. The third-order valence-electron chi connectivity index (χ3n) is 4.59. The summed E-state index contributed by atoms with van der Waals surface area (Å²) < 4.78 is 35.0. The van der Waals surface area contributed by atoms with E-state index in [2.05, 4.69) is 20.4 Å². The first kappa shape index (κ1) is 19.9. The number of nitrogens with zero attached hydrogens (tertiary/aromatic N) is 5. The minimum Gasteiger partial charge on any atom is -0.477 e. The van der Waals surface area contributed by atoms with Gasteiger partial charge in [0.2, 0.25) is 11.8 Å². The third kappa shape index (κ3) is 3.50. The molecular formula is C20H22N6O3S. The van der Waals surface area contributed by atoms with Crippen LogP contribution in [0.1, 0.15) is 18.2 Å². The molecule has 4 rings (SSSR count). The van der Waals surface area contributed by atoms with Crippen molar-refractivity contribution < 1.29 is 13.2 Å². The highest BCUT2D eigenvalue weighted by atomic mass is 32.2. The van der Waals surface area contributed by atoms with Gasteiger partial charge in [-0.05, 0) is 39.0 Å². The fourth-order valence-corrected chi connectivity index (χ4v) is 4.42. The van der Waals surface area contributed by atoms with Crippen molar-refractivity contribution in [2.45, 2.75) is 25.7 Å². The van der Waals surface area contributed by atoms with Gasteiger partial charge in [-0.25, -0.2) is 12.4 Å². The van der Waals surface area contributed by atoms with E-state index in [1.54, 1.807) is 41.2 Å². The van der Waals surface area contributed by atoms with E-state index in [1.165, 1.54) is 6.20 Å². The summed E-state index contributed by atoms with van der Waals surface area (Å²) in [6, 6.07) is 8.33. The molecule has 0 saturated carbocycles. The van der Waals surface area contributed by atoms with Crippen LogP contribution in [-0.2, 0) is 17.1 Å².